The molecule has 0 aromatic carbocycles. The summed E-state index contributed by atoms with van der Waals surface area (Å²) >= 11 is 0. The van der Waals surface area contributed by atoms with Gasteiger partial charge in [-0.15, -0.1) is 0 Å². The number of carbonyl (C=O) groups excluding carboxylic acids is 1. The molecule has 9 heavy (non-hydrogen) atoms. The minimum atomic E-state index is -0.185. The average molecular weight is 128 g/mol. The minimum Gasteiger partial charge on any atom is -0.368 e. The van der Waals surface area contributed by atoms with E-state index >= 15 is 0 Å². The molecule has 1 rings (SSSR count). The molecule has 0 aromatic rings. The number of nitrogens with two attached hydrogens (primary N) is 1. The van der Waals surface area contributed by atoms with Crippen molar-refractivity contribution in [3.05, 3.63) is 0 Å². The van der Waals surface area contributed by atoms with Crippen LogP contribution in [0.2, 0.25) is 0 Å². The number of likely N-dealkylation sites (N-methyl/N-ethyl adjacent to an activating group) is 1. The van der Waals surface area contributed by atoms with E-state index in [1.165, 1.54) is 0 Å². The maximum absolute atomic E-state index is 10.6. The summed E-state index contributed by atoms with van der Waals surface area (Å²) in [6.07, 6.45) is 2.04. The molecule has 1 aliphatic rings. The van der Waals surface area contributed by atoms with Crippen molar-refractivity contribution in [1.29, 1.82) is 0 Å². The number of hydrogen-bond acceptors (Lipinski definition) is 2. The van der Waals surface area contributed by atoms with Gasteiger partial charge in [0.2, 0.25) is 5.91 Å². The van der Waals surface area contributed by atoms with Crippen LogP contribution in [0.4, 0.5) is 0 Å². The van der Waals surface area contributed by atoms with E-state index in [4.69, 9.17) is 5.73 Å². The van der Waals surface area contributed by atoms with Gasteiger partial charge in [-0.05, 0) is 26.4 Å². The summed E-state index contributed by atoms with van der Waals surface area (Å²) in [6, 6.07) is 0.00463. The number of amides is 1. The molecule has 0 saturated carbocycles. The molecule has 0 aromatic heterocycles. The molecular weight excluding hydrogens is 116 g/mol. The van der Waals surface area contributed by atoms with E-state index in [1.54, 1.807) is 0 Å². The molecule has 1 unspecified atom stereocenters. The molecular formula is C6H12N2O. The zero-order valence-corrected chi connectivity index (χ0v) is 5.63. The van der Waals surface area contributed by atoms with Crippen molar-refractivity contribution >= 4 is 5.91 Å². The molecule has 0 aliphatic carbocycles. The second-order valence-corrected chi connectivity index (χ2v) is 2.54. The van der Waals surface area contributed by atoms with Crippen molar-refractivity contribution < 1.29 is 4.79 Å². The molecule has 52 valence electrons. The number of hydrogen-bond donors (Lipinski definition) is 1. The van der Waals surface area contributed by atoms with Gasteiger partial charge in [0.1, 0.15) is 0 Å². The van der Waals surface area contributed by atoms with Crippen molar-refractivity contribution in [3.8, 4) is 0 Å². The van der Waals surface area contributed by atoms with E-state index in [0.29, 0.717) is 0 Å². The topological polar surface area (TPSA) is 46.3 Å². The van der Waals surface area contributed by atoms with Gasteiger partial charge in [0.15, 0.2) is 0 Å². The molecule has 1 fully saturated rings. The maximum Gasteiger partial charge on any atom is 0.234 e. The summed E-state index contributed by atoms with van der Waals surface area (Å²) < 4.78 is 0. The first kappa shape index (κ1) is 6.55. The van der Waals surface area contributed by atoms with Crippen molar-refractivity contribution in [3.63, 3.8) is 0 Å². The fourth-order valence-corrected chi connectivity index (χ4v) is 1.27. The van der Waals surface area contributed by atoms with Crippen LogP contribution < -0.4 is 5.73 Å². The summed E-state index contributed by atoms with van der Waals surface area (Å²) in [5, 5.41) is 0. The lowest BCUT2D eigenvalue weighted by Gasteiger charge is -2.14. The molecule has 1 atom stereocenters. The first-order valence-electron chi connectivity index (χ1n) is 3.21. The van der Waals surface area contributed by atoms with Crippen LogP contribution in [0.3, 0.4) is 0 Å². The zero-order valence-electron chi connectivity index (χ0n) is 5.63. The Kier molecular flexibility index (Phi) is 1.71. The van der Waals surface area contributed by atoms with Crippen LogP contribution in [0.25, 0.3) is 0 Å². The van der Waals surface area contributed by atoms with E-state index in [0.717, 1.165) is 19.4 Å². The second-order valence-electron chi connectivity index (χ2n) is 2.54. The summed E-state index contributed by atoms with van der Waals surface area (Å²) in [5.41, 5.74) is 5.11. The van der Waals surface area contributed by atoms with Gasteiger partial charge < -0.3 is 5.73 Å². The summed E-state index contributed by atoms with van der Waals surface area (Å²) in [6.45, 7) is 1.01. The SMILES string of the molecule is CN1CCCC1C(N)=O. The van der Waals surface area contributed by atoms with E-state index in [9.17, 15) is 4.79 Å². The number of likely N-dealkylation sites (tertiary alicyclic amines) is 1. The van der Waals surface area contributed by atoms with Crippen LogP contribution in [-0.2, 0) is 4.79 Å². The Morgan fingerprint density at radius 3 is 2.67 bits per heavy atom. The summed E-state index contributed by atoms with van der Waals surface area (Å²) in [7, 11) is 1.93. The Morgan fingerprint density at radius 2 is 2.44 bits per heavy atom. The fraction of sp³-hybridized carbons (Fsp3) is 0.833. The predicted octanol–water partition coefficient (Wildman–Crippen LogP) is -0.434. The molecule has 0 bridgehead atoms. The molecule has 0 spiro atoms. The van der Waals surface area contributed by atoms with Gasteiger partial charge >= 0.3 is 0 Å². The van der Waals surface area contributed by atoms with E-state index in [2.05, 4.69) is 0 Å². The highest BCUT2D eigenvalue weighted by atomic mass is 16.1. The Bertz CT molecular complexity index is 124. The third-order valence-corrected chi connectivity index (χ3v) is 1.85. The van der Waals surface area contributed by atoms with Crippen molar-refractivity contribution in [2.75, 3.05) is 13.6 Å². The number of nitrogens with zero attached hydrogens (tertiary/aromatic N) is 1. The number of carbonyl (C=O) groups is 1. The highest BCUT2D eigenvalue weighted by molar-refractivity contribution is 5.80. The molecule has 1 aliphatic heterocycles. The second kappa shape index (κ2) is 2.35. The Morgan fingerprint density at radius 1 is 1.78 bits per heavy atom. The molecule has 3 nitrogen and oxygen atoms in total. The standard InChI is InChI=1S/C6H12N2O/c1-8-4-2-3-5(8)6(7)9/h5H,2-4H2,1H3,(H2,7,9). The van der Waals surface area contributed by atoms with E-state index in [-0.39, 0.29) is 11.9 Å². The molecule has 2 N–H and O–H groups in total. The van der Waals surface area contributed by atoms with Gasteiger partial charge in [-0.3, -0.25) is 9.69 Å². The highest BCUT2D eigenvalue weighted by Crippen LogP contribution is 2.13. The van der Waals surface area contributed by atoms with Gasteiger partial charge in [0, 0.05) is 0 Å². The lowest BCUT2D eigenvalue weighted by molar-refractivity contribution is -0.121. The monoisotopic (exact) mass is 128 g/mol. The Hall–Kier alpha value is -0.570. The van der Waals surface area contributed by atoms with E-state index < -0.39 is 0 Å². The van der Waals surface area contributed by atoms with Gasteiger partial charge in [0.25, 0.3) is 0 Å². The molecule has 1 amide bonds. The molecule has 1 saturated heterocycles. The first-order valence-corrected chi connectivity index (χ1v) is 3.21. The Balaban J connectivity index is 2.49. The van der Waals surface area contributed by atoms with Crippen LogP contribution in [0.1, 0.15) is 12.8 Å². The van der Waals surface area contributed by atoms with Gasteiger partial charge in [0.05, 0.1) is 6.04 Å². The summed E-state index contributed by atoms with van der Waals surface area (Å²) in [4.78, 5) is 12.6. The van der Waals surface area contributed by atoms with Gasteiger partial charge in [-0.25, -0.2) is 0 Å². The highest BCUT2D eigenvalue weighted by Gasteiger charge is 2.24. The number of primary amides is 1. The maximum atomic E-state index is 10.6. The van der Waals surface area contributed by atoms with Gasteiger partial charge in [-0.1, -0.05) is 0 Å². The van der Waals surface area contributed by atoms with Gasteiger partial charge in [-0.2, -0.15) is 0 Å². The number of rotatable bonds is 1. The fourth-order valence-electron chi connectivity index (χ4n) is 1.27. The largest absolute Gasteiger partial charge is 0.368 e. The normalized spacial score (nSPS) is 28.8. The lowest BCUT2D eigenvalue weighted by atomic mass is 10.2. The van der Waals surface area contributed by atoms with Crippen LogP contribution in [0, 0.1) is 0 Å². The zero-order chi connectivity index (χ0) is 6.85. The van der Waals surface area contributed by atoms with Crippen molar-refractivity contribution in [2.24, 2.45) is 5.73 Å². The summed E-state index contributed by atoms with van der Waals surface area (Å²) in [5.74, 6) is -0.185. The smallest absolute Gasteiger partial charge is 0.234 e. The van der Waals surface area contributed by atoms with Crippen LogP contribution in [-0.4, -0.2) is 30.4 Å². The van der Waals surface area contributed by atoms with Crippen LogP contribution >= 0.6 is 0 Å². The minimum absolute atomic E-state index is 0.00463. The first-order chi connectivity index (χ1) is 4.22. The van der Waals surface area contributed by atoms with Crippen LogP contribution in [0.15, 0.2) is 0 Å². The van der Waals surface area contributed by atoms with E-state index in [1.807, 2.05) is 11.9 Å². The third-order valence-electron chi connectivity index (χ3n) is 1.85. The molecule has 1 heterocycles. The van der Waals surface area contributed by atoms with Crippen molar-refractivity contribution in [1.82, 2.24) is 4.90 Å². The predicted molar refractivity (Wildman–Crippen MR) is 34.8 cm³/mol. The van der Waals surface area contributed by atoms with Crippen molar-refractivity contribution in [2.45, 2.75) is 18.9 Å². The molecule has 0 radical (unpaired) electrons. The average Bonchev–Trinajstić information content (AvgIpc) is 2.13. The quantitative estimate of drug-likeness (QED) is 0.520. The lowest BCUT2D eigenvalue weighted by Crippen LogP contribution is -2.37. The Labute approximate surface area is 54.8 Å². The van der Waals surface area contributed by atoms with Crippen LogP contribution in [0.5, 0.6) is 0 Å². The third kappa shape index (κ3) is 1.21. The molecule has 3 heteroatoms.